The first-order valence-corrected chi connectivity index (χ1v) is 5.28. The Morgan fingerprint density at radius 1 is 1.56 bits per heavy atom. The van der Waals surface area contributed by atoms with Crippen LogP contribution in [0.1, 0.15) is 13.3 Å². The minimum Gasteiger partial charge on any atom is -0.351 e. The monoisotopic (exact) mass is 218 g/mol. The maximum atomic E-state index is 13.3. The Kier molecular flexibility index (Phi) is 2.77. The predicted molar refractivity (Wildman–Crippen MR) is 64.5 cm³/mol. The first kappa shape index (κ1) is 10.9. The van der Waals surface area contributed by atoms with Gasteiger partial charge in [-0.2, -0.15) is 0 Å². The van der Waals surface area contributed by atoms with E-state index in [1.807, 2.05) is 26.1 Å². The molecule has 84 valence electrons. The van der Waals surface area contributed by atoms with Crippen molar-refractivity contribution in [1.82, 2.24) is 4.90 Å². The van der Waals surface area contributed by atoms with Crippen molar-refractivity contribution in [3.63, 3.8) is 0 Å². The van der Waals surface area contributed by atoms with Gasteiger partial charge in [0.15, 0.2) is 0 Å². The summed E-state index contributed by atoms with van der Waals surface area (Å²) < 4.78 is 13.3. The number of fused-ring (bicyclic) bond motifs is 1. The SMILES string of the molecule is C=N/C=C\C1=C(C)N(C)C2=CC=C(F)CC21. The molecular formula is C13H15FN2. The number of allylic oxidation sites excluding steroid dienone is 6. The van der Waals surface area contributed by atoms with Crippen molar-refractivity contribution in [2.75, 3.05) is 7.05 Å². The van der Waals surface area contributed by atoms with Crippen molar-refractivity contribution < 1.29 is 4.39 Å². The molecule has 0 aromatic heterocycles. The largest absolute Gasteiger partial charge is 0.351 e. The number of halogens is 1. The zero-order chi connectivity index (χ0) is 11.7. The minimum absolute atomic E-state index is 0.0608. The average molecular weight is 218 g/mol. The Hall–Kier alpha value is -1.64. The van der Waals surface area contributed by atoms with Crippen molar-refractivity contribution in [2.45, 2.75) is 13.3 Å². The van der Waals surface area contributed by atoms with Crippen LogP contribution in [0.25, 0.3) is 0 Å². The maximum Gasteiger partial charge on any atom is 0.101 e. The molecule has 16 heavy (non-hydrogen) atoms. The van der Waals surface area contributed by atoms with E-state index >= 15 is 0 Å². The van der Waals surface area contributed by atoms with Crippen LogP contribution in [0, 0.1) is 5.92 Å². The summed E-state index contributed by atoms with van der Waals surface area (Å²) in [6.07, 6.45) is 7.43. The summed E-state index contributed by atoms with van der Waals surface area (Å²) in [5.74, 6) is 0.0716. The summed E-state index contributed by atoms with van der Waals surface area (Å²) >= 11 is 0. The Bertz CT molecular complexity index is 441. The van der Waals surface area contributed by atoms with Crippen molar-refractivity contribution in [2.24, 2.45) is 10.9 Å². The molecule has 0 saturated heterocycles. The standard InChI is InChI=1S/C13H15FN2/c1-9-11(6-7-15-2)12-8-10(14)4-5-13(12)16(9)3/h4-7,12H,2,8H2,1,3H3/b7-6-. The van der Waals surface area contributed by atoms with Gasteiger partial charge >= 0.3 is 0 Å². The van der Waals surface area contributed by atoms with Crippen LogP contribution in [0.4, 0.5) is 4.39 Å². The number of hydrogen-bond acceptors (Lipinski definition) is 2. The molecule has 1 atom stereocenters. The molecule has 1 unspecified atom stereocenters. The molecule has 0 aromatic rings. The lowest BCUT2D eigenvalue weighted by atomic mass is 9.90. The summed E-state index contributed by atoms with van der Waals surface area (Å²) in [6, 6.07) is 0. The molecule has 0 amide bonds. The van der Waals surface area contributed by atoms with Gasteiger partial charge < -0.3 is 4.90 Å². The van der Waals surface area contributed by atoms with Crippen molar-refractivity contribution >= 4 is 6.72 Å². The number of rotatable bonds is 2. The summed E-state index contributed by atoms with van der Waals surface area (Å²) in [5, 5.41) is 0. The van der Waals surface area contributed by atoms with Gasteiger partial charge in [0.25, 0.3) is 0 Å². The van der Waals surface area contributed by atoms with E-state index in [4.69, 9.17) is 0 Å². The molecule has 1 aliphatic heterocycles. The molecule has 1 aliphatic carbocycles. The molecule has 0 fully saturated rings. The van der Waals surface area contributed by atoms with Gasteiger partial charge in [-0.15, -0.1) is 0 Å². The van der Waals surface area contributed by atoms with Gasteiger partial charge in [0.2, 0.25) is 0 Å². The lowest BCUT2D eigenvalue weighted by Gasteiger charge is -2.21. The van der Waals surface area contributed by atoms with Crippen LogP contribution < -0.4 is 0 Å². The smallest absolute Gasteiger partial charge is 0.101 e. The van der Waals surface area contributed by atoms with Gasteiger partial charge in [0, 0.05) is 37.0 Å². The second-order valence-corrected chi connectivity index (χ2v) is 4.06. The predicted octanol–water partition coefficient (Wildman–Crippen LogP) is 3.18. The fraction of sp³-hybridized carbons (Fsp3) is 0.308. The van der Waals surface area contributed by atoms with Crippen molar-refractivity contribution in [3.8, 4) is 0 Å². The van der Waals surface area contributed by atoms with E-state index in [9.17, 15) is 4.39 Å². The number of hydrogen-bond donors (Lipinski definition) is 0. The summed E-state index contributed by atoms with van der Waals surface area (Å²) in [7, 11) is 2.01. The van der Waals surface area contributed by atoms with E-state index in [0.29, 0.717) is 6.42 Å². The Balaban J connectivity index is 2.39. The Morgan fingerprint density at radius 3 is 3.00 bits per heavy atom. The second kappa shape index (κ2) is 4.08. The van der Waals surface area contributed by atoms with Crippen molar-refractivity contribution in [1.29, 1.82) is 0 Å². The fourth-order valence-corrected chi connectivity index (χ4v) is 2.28. The third-order valence-corrected chi connectivity index (χ3v) is 3.23. The maximum absolute atomic E-state index is 13.3. The van der Waals surface area contributed by atoms with Crippen LogP contribution in [-0.2, 0) is 0 Å². The van der Waals surface area contributed by atoms with Crippen LogP contribution in [0.3, 0.4) is 0 Å². The van der Waals surface area contributed by atoms with E-state index in [0.717, 1.165) is 17.0 Å². The van der Waals surface area contributed by atoms with Crippen LogP contribution >= 0.6 is 0 Å². The Labute approximate surface area is 95.2 Å². The normalized spacial score (nSPS) is 24.7. The molecule has 3 heteroatoms. The molecule has 1 heterocycles. The van der Waals surface area contributed by atoms with Gasteiger partial charge in [-0.05, 0) is 37.4 Å². The van der Waals surface area contributed by atoms with Gasteiger partial charge in [-0.1, -0.05) is 0 Å². The Morgan fingerprint density at radius 2 is 2.31 bits per heavy atom. The highest BCUT2D eigenvalue weighted by Gasteiger charge is 2.32. The van der Waals surface area contributed by atoms with Crippen LogP contribution in [0.2, 0.25) is 0 Å². The molecule has 2 nitrogen and oxygen atoms in total. The molecule has 0 radical (unpaired) electrons. The molecule has 0 aromatic carbocycles. The lowest BCUT2D eigenvalue weighted by molar-refractivity contribution is 0.469. The van der Waals surface area contributed by atoms with Gasteiger partial charge in [-0.3, -0.25) is 4.99 Å². The van der Waals surface area contributed by atoms with Gasteiger partial charge in [0.05, 0.1) is 0 Å². The fourth-order valence-electron chi connectivity index (χ4n) is 2.28. The molecule has 2 aliphatic rings. The lowest BCUT2D eigenvalue weighted by Crippen LogP contribution is -2.15. The topological polar surface area (TPSA) is 15.6 Å². The molecule has 0 bridgehead atoms. The zero-order valence-electron chi connectivity index (χ0n) is 9.57. The van der Waals surface area contributed by atoms with Crippen LogP contribution in [0.15, 0.2) is 52.2 Å². The van der Waals surface area contributed by atoms with Gasteiger partial charge in [-0.25, -0.2) is 4.39 Å². The second-order valence-electron chi connectivity index (χ2n) is 4.06. The summed E-state index contributed by atoms with van der Waals surface area (Å²) in [5.41, 5.74) is 3.44. The summed E-state index contributed by atoms with van der Waals surface area (Å²) in [4.78, 5) is 5.81. The third-order valence-electron chi connectivity index (χ3n) is 3.23. The molecule has 0 N–H and O–H groups in total. The highest BCUT2D eigenvalue weighted by molar-refractivity contribution is 5.45. The zero-order valence-corrected chi connectivity index (χ0v) is 9.57. The minimum atomic E-state index is -0.0608. The van der Waals surface area contributed by atoms with Crippen LogP contribution in [0.5, 0.6) is 0 Å². The molecule has 0 spiro atoms. The molecular weight excluding hydrogens is 203 g/mol. The van der Waals surface area contributed by atoms with E-state index in [1.54, 1.807) is 12.3 Å². The average Bonchev–Trinajstić information content (AvgIpc) is 2.50. The highest BCUT2D eigenvalue weighted by atomic mass is 19.1. The van der Waals surface area contributed by atoms with E-state index in [-0.39, 0.29) is 11.7 Å². The highest BCUT2D eigenvalue weighted by Crippen LogP contribution is 2.42. The van der Waals surface area contributed by atoms with Crippen molar-refractivity contribution in [3.05, 3.63) is 47.2 Å². The number of aliphatic imine (C=N–C) groups is 1. The van der Waals surface area contributed by atoms with E-state index < -0.39 is 0 Å². The third kappa shape index (κ3) is 1.62. The number of nitrogens with zero attached hydrogens (tertiary/aromatic N) is 2. The van der Waals surface area contributed by atoms with E-state index in [2.05, 4.69) is 16.6 Å². The molecule has 0 saturated carbocycles. The first-order chi connectivity index (χ1) is 7.65. The van der Waals surface area contributed by atoms with Crippen LogP contribution in [-0.4, -0.2) is 18.7 Å². The molecule has 2 rings (SSSR count). The first-order valence-electron chi connectivity index (χ1n) is 5.28. The quantitative estimate of drug-likeness (QED) is 0.650. The van der Waals surface area contributed by atoms with E-state index in [1.165, 1.54) is 0 Å². The summed E-state index contributed by atoms with van der Waals surface area (Å²) in [6.45, 7) is 5.45. The van der Waals surface area contributed by atoms with Gasteiger partial charge in [0.1, 0.15) is 5.83 Å².